The molecule has 1 N–H and O–H groups in total. The fourth-order valence-electron chi connectivity index (χ4n) is 1.93. The first kappa shape index (κ1) is 11.9. The molecule has 0 saturated heterocycles. The molecule has 1 aliphatic rings. The molecule has 0 spiro atoms. The standard InChI is InChI=1S/C11H18BrNO/c1-2-11(14)10-5-3-4-9(8-10)6-7-13-12/h8,10,13H,2-7H2,1H3. The van der Waals surface area contributed by atoms with Crippen molar-refractivity contribution < 1.29 is 4.79 Å². The van der Waals surface area contributed by atoms with Gasteiger partial charge in [-0.3, -0.25) is 9.14 Å². The van der Waals surface area contributed by atoms with Crippen molar-refractivity contribution in [1.82, 2.24) is 4.34 Å². The van der Waals surface area contributed by atoms with Crippen LogP contribution >= 0.6 is 16.1 Å². The Labute approximate surface area is 94.5 Å². The fourth-order valence-corrected chi connectivity index (χ4v) is 2.13. The number of allylic oxidation sites excluding steroid dienone is 1. The summed E-state index contributed by atoms with van der Waals surface area (Å²) in [4.78, 5) is 11.5. The molecule has 0 aromatic carbocycles. The van der Waals surface area contributed by atoms with Crippen LogP contribution in [-0.2, 0) is 4.79 Å². The predicted molar refractivity (Wildman–Crippen MR) is 62.3 cm³/mol. The zero-order valence-corrected chi connectivity index (χ0v) is 10.3. The first-order valence-corrected chi connectivity index (χ1v) is 6.13. The molecule has 0 aliphatic heterocycles. The van der Waals surface area contributed by atoms with Gasteiger partial charge in [0, 0.05) is 35.0 Å². The van der Waals surface area contributed by atoms with Crippen LogP contribution in [0.25, 0.3) is 0 Å². The molecule has 1 unspecified atom stereocenters. The minimum Gasteiger partial charge on any atom is -0.299 e. The molecule has 0 bridgehead atoms. The lowest BCUT2D eigenvalue weighted by Crippen LogP contribution is -2.16. The smallest absolute Gasteiger partial charge is 0.139 e. The van der Waals surface area contributed by atoms with Crippen LogP contribution in [0.3, 0.4) is 0 Å². The van der Waals surface area contributed by atoms with Crippen molar-refractivity contribution in [2.75, 3.05) is 6.54 Å². The van der Waals surface area contributed by atoms with Crippen molar-refractivity contribution in [3.63, 3.8) is 0 Å². The van der Waals surface area contributed by atoms with Crippen molar-refractivity contribution in [1.29, 1.82) is 0 Å². The highest BCUT2D eigenvalue weighted by Crippen LogP contribution is 2.25. The van der Waals surface area contributed by atoms with E-state index in [1.807, 2.05) is 6.92 Å². The lowest BCUT2D eigenvalue weighted by Gasteiger charge is -2.19. The van der Waals surface area contributed by atoms with Crippen molar-refractivity contribution in [2.45, 2.75) is 39.0 Å². The molecule has 0 saturated carbocycles. The van der Waals surface area contributed by atoms with Crippen LogP contribution in [0, 0.1) is 5.92 Å². The molecule has 80 valence electrons. The fraction of sp³-hybridized carbons (Fsp3) is 0.727. The van der Waals surface area contributed by atoms with Crippen LogP contribution < -0.4 is 4.34 Å². The molecular formula is C11H18BrNO. The molecule has 14 heavy (non-hydrogen) atoms. The molecule has 0 fully saturated rings. The Kier molecular flexibility index (Phi) is 5.41. The Morgan fingerprint density at radius 2 is 2.50 bits per heavy atom. The number of Topliss-reactive ketones (excluding diaryl/α,β-unsaturated/α-hetero) is 1. The van der Waals surface area contributed by atoms with Crippen LogP contribution in [0.4, 0.5) is 0 Å². The Balaban J connectivity index is 2.50. The molecule has 3 heteroatoms. The number of nitrogens with one attached hydrogen (secondary N) is 1. The third kappa shape index (κ3) is 3.54. The molecule has 2 nitrogen and oxygen atoms in total. The van der Waals surface area contributed by atoms with Crippen molar-refractivity contribution in [2.24, 2.45) is 5.92 Å². The van der Waals surface area contributed by atoms with Gasteiger partial charge in [-0.05, 0) is 25.7 Å². The van der Waals surface area contributed by atoms with E-state index in [9.17, 15) is 4.79 Å². The number of hydrogen-bond acceptors (Lipinski definition) is 2. The van der Waals surface area contributed by atoms with Gasteiger partial charge >= 0.3 is 0 Å². The predicted octanol–water partition coefficient (Wildman–Crippen LogP) is 2.98. The first-order valence-electron chi connectivity index (χ1n) is 5.33. The lowest BCUT2D eigenvalue weighted by molar-refractivity contribution is -0.121. The molecule has 0 radical (unpaired) electrons. The maximum Gasteiger partial charge on any atom is 0.139 e. The van der Waals surface area contributed by atoms with Gasteiger partial charge in [0.1, 0.15) is 5.78 Å². The van der Waals surface area contributed by atoms with Crippen LogP contribution in [0.2, 0.25) is 0 Å². The van der Waals surface area contributed by atoms with Gasteiger partial charge in [0.25, 0.3) is 0 Å². The van der Waals surface area contributed by atoms with Crippen LogP contribution in [0.15, 0.2) is 11.6 Å². The monoisotopic (exact) mass is 259 g/mol. The van der Waals surface area contributed by atoms with E-state index in [0.717, 1.165) is 19.4 Å². The van der Waals surface area contributed by atoms with Crippen molar-refractivity contribution >= 4 is 21.9 Å². The van der Waals surface area contributed by atoms with Gasteiger partial charge < -0.3 is 0 Å². The summed E-state index contributed by atoms with van der Waals surface area (Å²) >= 11 is 3.19. The summed E-state index contributed by atoms with van der Waals surface area (Å²) in [5.41, 5.74) is 1.44. The topological polar surface area (TPSA) is 29.1 Å². The van der Waals surface area contributed by atoms with Crippen LogP contribution in [-0.4, -0.2) is 12.3 Å². The van der Waals surface area contributed by atoms with Crippen LogP contribution in [0.1, 0.15) is 39.0 Å². The Hall–Kier alpha value is -0.150. The number of ketones is 1. The van der Waals surface area contributed by atoms with Crippen LogP contribution in [0.5, 0.6) is 0 Å². The molecular weight excluding hydrogens is 242 g/mol. The van der Waals surface area contributed by atoms with Gasteiger partial charge in [0.2, 0.25) is 0 Å². The van der Waals surface area contributed by atoms with Gasteiger partial charge in [-0.25, -0.2) is 0 Å². The number of halogens is 1. The summed E-state index contributed by atoms with van der Waals surface area (Å²) in [7, 11) is 0. The van der Waals surface area contributed by atoms with E-state index in [-0.39, 0.29) is 5.92 Å². The van der Waals surface area contributed by atoms with E-state index in [0.29, 0.717) is 12.2 Å². The summed E-state index contributed by atoms with van der Waals surface area (Å²) in [5.74, 6) is 0.605. The zero-order chi connectivity index (χ0) is 10.4. The maximum absolute atomic E-state index is 11.5. The largest absolute Gasteiger partial charge is 0.299 e. The molecule has 0 aromatic rings. The number of carbonyl (C=O) groups is 1. The highest BCUT2D eigenvalue weighted by molar-refractivity contribution is 9.08. The quantitative estimate of drug-likeness (QED) is 0.608. The van der Waals surface area contributed by atoms with E-state index >= 15 is 0 Å². The Morgan fingerprint density at radius 1 is 1.71 bits per heavy atom. The highest BCUT2D eigenvalue weighted by Gasteiger charge is 2.18. The third-order valence-electron chi connectivity index (χ3n) is 2.75. The Bertz CT molecular complexity index is 225. The summed E-state index contributed by atoms with van der Waals surface area (Å²) in [6, 6.07) is 0. The normalized spacial score (nSPS) is 21.9. The minimum absolute atomic E-state index is 0.207. The molecule has 0 aromatic heterocycles. The molecule has 1 aliphatic carbocycles. The zero-order valence-electron chi connectivity index (χ0n) is 8.68. The molecule has 0 amide bonds. The average molecular weight is 260 g/mol. The van der Waals surface area contributed by atoms with E-state index < -0.39 is 0 Å². The van der Waals surface area contributed by atoms with Gasteiger partial charge in [-0.1, -0.05) is 18.6 Å². The van der Waals surface area contributed by atoms with Gasteiger partial charge in [-0.2, -0.15) is 0 Å². The highest BCUT2D eigenvalue weighted by atomic mass is 79.9. The van der Waals surface area contributed by atoms with Gasteiger partial charge in [0.15, 0.2) is 0 Å². The SMILES string of the molecule is CCC(=O)C1C=C(CCNBr)CCC1. The Morgan fingerprint density at radius 3 is 3.14 bits per heavy atom. The summed E-state index contributed by atoms with van der Waals surface area (Å²) in [6.07, 6.45) is 7.31. The molecule has 1 atom stereocenters. The van der Waals surface area contributed by atoms with Gasteiger partial charge in [-0.15, -0.1) is 0 Å². The first-order chi connectivity index (χ1) is 6.77. The summed E-state index contributed by atoms with van der Waals surface area (Å²) < 4.78 is 2.96. The third-order valence-corrected chi connectivity index (χ3v) is 3.15. The second-order valence-electron chi connectivity index (χ2n) is 3.78. The summed E-state index contributed by atoms with van der Waals surface area (Å²) in [5, 5.41) is 0. The van der Waals surface area contributed by atoms with Crippen molar-refractivity contribution in [3.05, 3.63) is 11.6 Å². The second kappa shape index (κ2) is 6.36. The molecule has 0 heterocycles. The van der Waals surface area contributed by atoms with E-state index in [4.69, 9.17) is 0 Å². The van der Waals surface area contributed by atoms with Crippen molar-refractivity contribution in [3.8, 4) is 0 Å². The molecule has 1 rings (SSSR count). The second-order valence-corrected chi connectivity index (χ2v) is 4.34. The maximum atomic E-state index is 11.5. The lowest BCUT2D eigenvalue weighted by atomic mass is 9.86. The van der Waals surface area contributed by atoms with E-state index in [2.05, 4.69) is 26.6 Å². The minimum atomic E-state index is 0.207. The number of carbonyl (C=O) groups excluding carboxylic acids is 1. The van der Waals surface area contributed by atoms with E-state index in [1.54, 1.807) is 0 Å². The van der Waals surface area contributed by atoms with E-state index in [1.165, 1.54) is 18.4 Å². The average Bonchev–Trinajstić information content (AvgIpc) is 2.25. The number of hydrogen-bond donors (Lipinski definition) is 1. The number of rotatable bonds is 5. The van der Waals surface area contributed by atoms with Gasteiger partial charge in [0.05, 0.1) is 0 Å². The summed E-state index contributed by atoms with van der Waals surface area (Å²) in [6.45, 7) is 2.89.